The molecule has 2 aromatic heterocycles. The second-order valence-corrected chi connectivity index (χ2v) is 6.22. The van der Waals surface area contributed by atoms with Gasteiger partial charge in [-0.3, -0.25) is 10.1 Å². The number of likely N-dealkylation sites (N-methyl/N-ethyl adjacent to an activating group) is 1. The summed E-state index contributed by atoms with van der Waals surface area (Å²) < 4.78 is 2.10. The summed E-state index contributed by atoms with van der Waals surface area (Å²) in [5.41, 5.74) is 0.781. The third kappa shape index (κ3) is 4.65. The van der Waals surface area contributed by atoms with E-state index >= 15 is 0 Å². The van der Waals surface area contributed by atoms with Crippen molar-refractivity contribution in [1.29, 1.82) is 0 Å². The largest absolute Gasteiger partial charge is 0.349 e. The fraction of sp³-hybridized carbons (Fsp3) is 0.429. The highest BCUT2D eigenvalue weighted by Gasteiger charge is 2.15. The third-order valence-corrected chi connectivity index (χ3v) is 3.50. The Kier molecular flexibility index (Phi) is 6.10. The number of amides is 3. The molecule has 0 bridgehead atoms. The van der Waals surface area contributed by atoms with E-state index in [4.69, 9.17) is 0 Å². The summed E-state index contributed by atoms with van der Waals surface area (Å²) in [5, 5.41) is 12.1. The van der Waals surface area contributed by atoms with Gasteiger partial charge in [-0.2, -0.15) is 4.98 Å². The van der Waals surface area contributed by atoms with Crippen LogP contribution in [0.3, 0.4) is 0 Å². The lowest BCUT2D eigenvalue weighted by molar-refractivity contribution is 0.0943. The van der Waals surface area contributed by atoms with Crippen molar-refractivity contribution in [1.82, 2.24) is 30.1 Å². The number of halogens is 1. The molecule has 3 amide bonds. The summed E-state index contributed by atoms with van der Waals surface area (Å²) in [6.07, 6.45) is 0. The van der Waals surface area contributed by atoms with Crippen molar-refractivity contribution < 1.29 is 9.59 Å². The molecular weight excluding hydrogens is 378 g/mol. The molecule has 0 saturated heterocycles. The lowest BCUT2D eigenvalue weighted by atomic mass is 10.3. The maximum Gasteiger partial charge on any atom is 0.321 e. The minimum Gasteiger partial charge on any atom is -0.349 e. The van der Waals surface area contributed by atoms with Gasteiger partial charge in [0.15, 0.2) is 5.65 Å². The Balaban J connectivity index is 2.24. The van der Waals surface area contributed by atoms with Gasteiger partial charge in [-0.15, -0.1) is 5.10 Å². The van der Waals surface area contributed by atoms with E-state index < -0.39 is 6.03 Å². The number of anilines is 1. The molecule has 9 nitrogen and oxygen atoms in total. The van der Waals surface area contributed by atoms with Crippen molar-refractivity contribution in [2.45, 2.75) is 6.92 Å². The molecule has 0 aliphatic rings. The average Bonchev–Trinajstić information content (AvgIpc) is 2.87. The first kappa shape index (κ1) is 18.1. The van der Waals surface area contributed by atoms with E-state index in [-0.39, 0.29) is 11.9 Å². The zero-order valence-electron chi connectivity index (χ0n) is 13.8. The van der Waals surface area contributed by atoms with Crippen LogP contribution < -0.4 is 16.0 Å². The van der Waals surface area contributed by atoms with Crippen LogP contribution in [0.4, 0.5) is 10.7 Å². The number of urea groups is 1. The van der Waals surface area contributed by atoms with Gasteiger partial charge in [-0.1, -0.05) is 15.9 Å². The van der Waals surface area contributed by atoms with Crippen LogP contribution in [-0.4, -0.2) is 65.2 Å². The number of hydrogen-bond donors (Lipinski definition) is 3. The SMILES string of the molecule is CCNC(=O)Nc1nc2cc(Br)cc(C(=O)NCCN(C)C)n2n1. The Bertz CT molecular complexity index is 744. The Hall–Kier alpha value is -2.20. The van der Waals surface area contributed by atoms with E-state index in [1.54, 1.807) is 12.1 Å². The van der Waals surface area contributed by atoms with Gasteiger partial charge in [0.2, 0.25) is 0 Å². The van der Waals surface area contributed by atoms with E-state index in [0.29, 0.717) is 28.9 Å². The third-order valence-electron chi connectivity index (χ3n) is 3.04. The average molecular weight is 398 g/mol. The van der Waals surface area contributed by atoms with E-state index in [2.05, 4.69) is 42.0 Å². The monoisotopic (exact) mass is 397 g/mol. The Morgan fingerprint density at radius 3 is 2.71 bits per heavy atom. The number of rotatable bonds is 6. The number of nitrogens with zero attached hydrogens (tertiary/aromatic N) is 4. The summed E-state index contributed by atoms with van der Waals surface area (Å²) in [6, 6.07) is 2.97. The number of nitrogens with one attached hydrogen (secondary N) is 3. The van der Waals surface area contributed by atoms with Crippen molar-refractivity contribution in [3.05, 3.63) is 22.3 Å². The number of hydrogen-bond acceptors (Lipinski definition) is 5. The quantitative estimate of drug-likeness (QED) is 0.672. The first-order valence-corrected chi connectivity index (χ1v) is 8.24. The van der Waals surface area contributed by atoms with Crippen LogP contribution in [0.5, 0.6) is 0 Å². The fourth-order valence-electron chi connectivity index (χ4n) is 1.96. The molecule has 2 aromatic rings. The van der Waals surface area contributed by atoms with Gasteiger partial charge in [0.1, 0.15) is 5.69 Å². The zero-order chi connectivity index (χ0) is 17.7. The van der Waals surface area contributed by atoms with Crippen molar-refractivity contribution in [2.75, 3.05) is 39.0 Å². The van der Waals surface area contributed by atoms with Crippen LogP contribution in [-0.2, 0) is 0 Å². The van der Waals surface area contributed by atoms with Gasteiger partial charge in [-0.25, -0.2) is 9.31 Å². The van der Waals surface area contributed by atoms with E-state index in [0.717, 1.165) is 6.54 Å². The molecule has 0 aromatic carbocycles. The van der Waals surface area contributed by atoms with E-state index in [1.165, 1.54) is 4.52 Å². The van der Waals surface area contributed by atoms with Crippen LogP contribution >= 0.6 is 15.9 Å². The van der Waals surface area contributed by atoms with Crippen molar-refractivity contribution in [3.63, 3.8) is 0 Å². The van der Waals surface area contributed by atoms with Crippen LogP contribution in [0, 0.1) is 0 Å². The highest BCUT2D eigenvalue weighted by Crippen LogP contribution is 2.17. The second kappa shape index (κ2) is 8.06. The summed E-state index contributed by atoms with van der Waals surface area (Å²) in [4.78, 5) is 30.1. The molecule has 0 fully saturated rings. The summed E-state index contributed by atoms with van der Waals surface area (Å²) in [6.45, 7) is 3.54. The van der Waals surface area contributed by atoms with Crippen LogP contribution in [0.15, 0.2) is 16.6 Å². The molecule has 0 aliphatic carbocycles. The Labute approximate surface area is 147 Å². The molecule has 0 aliphatic heterocycles. The van der Waals surface area contributed by atoms with Gasteiger partial charge in [0.05, 0.1) is 0 Å². The maximum absolute atomic E-state index is 12.4. The molecule has 0 radical (unpaired) electrons. The first-order valence-electron chi connectivity index (χ1n) is 7.44. The molecule has 10 heteroatoms. The molecule has 0 unspecified atom stereocenters. The summed E-state index contributed by atoms with van der Waals surface area (Å²) in [5.74, 6) is -0.140. The van der Waals surface area contributed by atoms with Gasteiger partial charge < -0.3 is 15.5 Å². The van der Waals surface area contributed by atoms with Crippen molar-refractivity contribution >= 4 is 39.5 Å². The maximum atomic E-state index is 12.4. The minimum atomic E-state index is -0.399. The Morgan fingerprint density at radius 2 is 2.04 bits per heavy atom. The molecule has 24 heavy (non-hydrogen) atoms. The zero-order valence-corrected chi connectivity index (χ0v) is 15.3. The molecular formula is C14H20BrN7O2. The molecule has 3 N–H and O–H groups in total. The molecule has 2 rings (SSSR count). The van der Waals surface area contributed by atoms with Gasteiger partial charge in [-0.05, 0) is 33.2 Å². The molecule has 0 spiro atoms. The lowest BCUT2D eigenvalue weighted by Crippen LogP contribution is -2.32. The minimum absolute atomic E-state index is 0.126. The highest BCUT2D eigenvalue weighted by atomic mass is 79.9. The summed E-state index contributed by atoms with van der Waals surface area (Å²) in [7, 11) is 3.86. The number of pyridine rings is 1. The molecule has 0 atom stereocenters. The predicted molar refractivity (Wildman–Crippen MR) is 94.3 cm³/mol. The molecule has 2 heterocycles. The number of aromatic nitrogens is 3. The normalized spacial score (nSPS) is 10.9. The number of carbonyl (C=O) groups is 2. The van der Waals surface area contributed by atoms with Gasteiger partial charge in [0.25, 0.3) is 11.9 Å². The molecule has 0 saturated carbocycles. The standard InChI is InChI=1S/C14H20BrN7O2/c1-4-16-14(24)19-13-18-11-8-9(15)7-10(22(11)20-13)12(23)17-5-6-21(2)3/h7-8H,4-6H2,1-3H3,(H,17,23)(H2,16,19,20,24). The number of fused-ring (bicyclic) bond motifs is 1. The van der Waals surface area contributed by atoms with Crippen LogP contribution in [0.1, 0.15) is 17.4 Å². The van der Waals surface area contributed by atoms with Crippen LogP contribution in [0.2, 0.25) is 0 Å². The first-order chi connectivity index (χ1) is 11.4. The van der Waals surface area contributed by atoms with E-state index in [1.807, 2.05) is 25.9 Å². The fourth-order valence-corrected chi connectivity index (χ4v) is 2.38. The molecule has 130 valence electrons. The van der Waals surface area contributed by atoms with Crippen molar-refractivity contribution in [2.24, 2.45) is 0 Å². The number of carbonyl (C=O) groups excluding carboxylic acids is 2. The van der Waals surface area contributed by atoms with Crippen LogP contribution in [0.25, 0.3) is 5.65 Å². The van der Waals surface area contributed by atoms with Gasteiger partial charge in [0, 0.05) is 24.1 Å². The van der Waals surface area contributed by atoms with Gasteiger partial charge >= 0.3 is 6.03 Å². The van der Waals surface area contributed by atoms with Crippen molar-refractivity contribution in [3.8, 4) is 0 Å². The highest BCUT2D eigenvalue weighted by molar-refractivity contribution is 9.10. The second-order valence-electron chi connectivity index (χ2n) is 5.31. The predicted octanol–water partition coefficient (Wildman–Crippen LogP) is 0.925. The summed E-state index contributed by atoms with van der Waals surface area (Å²) >= 11 is 3.36. The smallest absolute Gasteiger partial charge is 0.321 e. The van der Waals surface area contributed by atoms with E-state index in [9.17, 15) is 9.59 Å². The lowest BCUT2D eigenvalue weighted by Gasteiger charge is -2.11. The Morgan fingerprint density at radius 1 is 1.29 bits per heavy atom. The topological polar surface area (TPSA) is 104 Å².